The fourth-order valence-electron chi connectivity index (χ4n) is 3.85. The van der Waals surface area contributed by atoms with Gasteiger partial charge in [0.1, 0.15) is 5.75 Å². The van der Waals surface area contributed by atoms with Gasteiger partial charge in [-0.2, -0.15) is 0 Å². The molecule has 3 heterocycles. The van der Waals surface area contributed by atoms with E-state index in [1.54, 1.807) is 0 Å². The average Bonchev–Trinajstić information content (AvgIpc) is 3.18. The lowest BCUT2D eigenvalue weighted by molar-refractivity contribution is -0.140. The van der Waals surface area contributed by atoms with Crippen molar-refractivity contribution in [3.63, 3.8) is 0 Å². The van der Waals surface area contributed by atoms with Crippen LogP contribution in [0.4, 0.5) is 0 Å². The highest BCUT2D eigenvalue weighted by molar-refractivity contribution is 5.81. The van der Waals surface area contributed by atoms with Gasteiger partial charge in [0.2, 0.25) is 0 Å². The molecular weight excluding hydrogens is 340 g/mol. The highest BCUT2D eigenvalue weighted by atomic mass is 16.5. The zero-order valence-electron chi connectivity index (χ0n) is 16.4. The van der Waals surface area contributed by atoms with Crippen molar-refractivity contribution < 1.29 is 9.53 Å². The number of hydrogen-bond acceptors (Lipinski definition) is 4. The second-order valence-electron chi connectivity index (χ2n) is 8.64. The smallest absolute Gasteiger partial charge is 0.263 e. The van der Waals surface area contributed by atoms with Gasteiger partial charge >= 0.3 is 0 Å². The van der Waals surface area contributed by atoms with Gasteiger partial charge in [-0.1, -0.05) is 44.2 Å². The Hall–Kier alpha value is -2.37. The Kier molecular flexibility index (Phi) is 4.66. The van der Waals surface area contributed by atoms with Crippen molar-refractivity contribution in [2.24, 2.45) is 0 Å². The third-order valence-electron chi connectivity index (χ3n) is 5.62. The number of amides is 1. The van der Waals surface area contributed by atoms with Gasteiger partial charge in [-0.15, -0.1) is 5.10 Å². The molecule has 0 N–H and O–H groups in total. The largest absolute Gasteiger partial charge is 0.480 e. The number of piperidine rings is 1. The van der Waals surface area contributed by atoms with Crippen LogP contribution in [0.2, 0.25) is 0 Å². The number of carbonyl (C=O) groups is 1. The maximum atomic E-state index is 12.9. The minimum Gasteiger partial charge on any atom is -0.480 e. The second-order valence-corrected chi connectivity index (χ2v) is 8.64. The summed E-state index contributed by atoms with van der Waals surface area (Å²) in [5.74, 6) is 0.978. The van der Waals surface area contributed by atoms with E-state index in [4.69, 9.17) is 4.74 Å². The zero-order valence-corrected chi connectivity index (χ0v) is 16.4. The molecule has 27 heavy (non-hydrogen) atoms. The van der Waals surface area contributed by atoms with Gasteiger partial charge in [0.05, 0.1) is 11.7 Å². The molecule has 0 saturated carbocycles. The molecule has 1 fully saturated rings. The van der Waals surface area contributed by atoms with E-state index < -0.39 is 0 Å². The summed E-state index contributed by atoms with van der Waals surface area (Å²) < 4.78 is 7.96. The third-order valence-corrected chi connectivity index (χ3v) is 5.62. The van der Waals surface area contributed by atoms with Crippen molar-refractivity contribution in [3.8, 4) is 5.75 Å². The number of hydrogen-bond donors (Lipinski definition) is 0. The highest BCUT2D eigenvalue weighted by Gasteiger charge is 2.33. The first-order chi connectivity index (χ1) is 12.9. The molecule has 0 unspecified atom stereocenters. The molecule has 6 nitrogen and oxygen atoms in total. The first kappa shape index (κ1) is 18.0. The number of nitrogens with zero attached hydrogens (tertiary/aromatic N) is 4. The Balaban J connectivity index is 1.35. The molecule has 0 bridgehead atoms. The van der Waals surface area contributed by atoms with Crippen LogP contribution in [0.3, 0.4) is 0 Å². The van der Waals surface area contributed by atoms with Crippen LogP contribution in [0, 0.1) is 0 Å². The van der Waals surface area contributed by atoms with Crippen molar-refractivity contribution >= 4 is 5.91 Å². The number of rotatable bonds is 2. The quantitative estimate of drug-likeness (QED) is 0.817. The Morgan fingerprint density at radius 3 is 2.59 bits per heavy atom. The third kappa shape index (κ3) is 3.70. The van der Waals surface area contributed by atoms with Gasteiger partial charge in [0, 0.05) is 24.7 Å². The van der Waals surface area contributed by atoms with Crippen LogP contribution in [-0.2, 0) is 16.6 Å². The molecule has 1 aromatic carbocycles. The van der Waals surface area contributed by atoms with E-state index in [0.717, 1.165) is 50.2 Å². The molecule has 1 amide bonds. The molecule has 1 atom stereocenters. The van der Waals surface area contributed by atoms with E-state index in [9.17, 15) is 4.79 Å². The minimum atomic E-state index is -0.352. The number of aromatic nitrogens is 3. The number of benzene rings is 1. The lowest BCUT2D eigenvalue weighted by Crippen LogP contribution is -2.47. The van der Waals surface area contributed by atoms with E-state index in [2.05, 4.69) is 43.3 Å². The fraction of sp³-hybridized carbons (Fsp3) is 0.571. The molecule has 4 rings (SSSR count). The zero-order chi connectivity index (χ0) is 19.0. The molecule has 0 spiro atoms. The van der Waals surface area contributed by atoms with E-state index >= 15 is 0 Å². The van der Waals surface area contributed by atoms with Gasteiger partial charge in [0.15, 0.2) is 6.10 Å². The van der Waals surface area contributed by atoms with Crippen molar-refractivity contribution in [3.05, 3.63) is 41.7 Å². The van der Waals surface area contributed by atoms with Crippen molar-refractivity contribution in [2.75, 3.05) is 13.1 Å². The van der Waals surface area contributed by atoms with Crippen LogP contribution in [0.25, 0.3) is 0 Å². The predicted octanol–water partition coefficient (Wildman–Crippen LogP) is 3.13. The summed E-state index contributed by atoms with van der Waals surface area (Å²) in [6.07, 6.45) is 5.17. The molecule has 6 heteroatoms. The lowest BCUT2D eigenvalue weighted by Gasteiger charge is -2.35. The molecule has 2 aliphatic rings. The van der Waals surface area contributed by atoms with Gasteiger partial charge in [-0.05, 0) is 37.3 Å². The van der Waals surface area contributed by atoms with Gasteiger partial charge < -0.3 is 9.64 Å². The average molecular weight is 368 g/mol. The normalized spacial score (nSPS) is 20.9. The van der Waals surface area contributed by atoms with Crippen LogP contribution in [-0.4, -0.2) is 45.0 Å². The Bertz CT molecular complexity index is 816. The molecular formula is C21H28N4O2. The van der Waals surface area contributed by atoms with Crippen LogP contribution in [0.5, 0.6) is 5.75 Å². The predicted molar refractivity (Wildman–Crippen MR) is 103 cm³/mol. The van der Waals surface area contributed by atoms with Crippen molar-refractivity contribution in [1.29, 1.82) is 0 Å². The molecule has 0 radical (unpaired) electrons. The number of aryl methyl sites for hydroxylation is 1. The Morgan fingerprint density at radius 1 is 1.15 bits per heavy atom. The molecule has 1 aromatic heterocycles. The van der Waals surface area contributed by atoms with E-state index in [1.807, 2.05) is 27.8 Å². The van der Waals surface area contributed by atoms with Crippen LogP contribution >= 0.6 is 0 Å². The van der Waals surface area contributed by atoms with Crippen LogP contribution in [0.1, 0.15) is 57.3 Å². The summed E-state index contributed by atoms with van der Waals surface area (Å²) >= 11 is 0. The molecule has 2 aromatic rings. The fourth-order valence-corrected chi connectivity index (χ4v) is 3.85. The first-order valence-corrected chi connectivity index (χ1v) is 9.87. The van der Waals surface area contributed by atoms with Gasteiger partial charge in [0.25, 0.3) is 5.91 Å². The highest BCUT2D eigenvalue weighted by Crippen LogP contribution is 2.30. The maximum Gasteiger partial charge on any atom is 0.263 e. The van der Waals surface area contributed by atoms with E-state index in [-0.39, 0.29) is 17.4 Å². The monoisotopic (exact) mass is 368 g/mol. The number of carbonyl (C=O) groups excluding carboxylic acids is 1. The van der Waals surface area contributed by atoms with E-state index in [0.29, 0.717) is 6.04 Å². The molecule has 0 aliphatic carbocycles. The van der Waals surface area contributed by atoms with Crippen LogP contribution < -0.4 is 4.74 Å². The number of para-hydroxylation sites is 1. The molecule has 2 aliphatic heterocycles. The summed E-state index contributed by atoms with van der Waals surface area (Å²) in [6, 6.07) is 8.32. The number of fused-ring (bicyclic) bond motifs is 1. The second kappa shape index (κ2) is 6.98. The standard InChI is InChI=1S/C21H28N4O2/c1-21(2,3)19-14-25(23-22-19)16-10-12-24(13-11-16)20(26)18-9-8-15-6-4-5-7-17(15)27-18/h4-7,14,16,18H,8-13H2,1-3H3/t18-/m1/s1. The summed E-state index contributed by atoms with van der Waals surface area (Å²) in [6.45, 7) is 7.92. The lowest BCUT2D eigenvalue weighted by atomic mass is 9.93. The van der Waals surface area contributed by atoms with Crippen molar-refractivity contribution in [1.82, 2.24) is 19.9 Å². The van der Waals surface area contributed by atoms with Crippen molar-refractivity contribution in [2.45, 2.75) is 64.0 Å². The number of ether oxygens (including phenoxy) is 1. The first-order valence-electron chi connectivity index (χ1n) is 9.87. The maximum absolute atomic E-state index is 12.9. The summed E-state index contributed by atoms with van der Waals surface area (Å²) in [5.41, 5.74) is 2.21. The summed E-state index contributed by atoms with van der Waals surface area (Å²) in [4.78, 5) is 14.9. The van der Waals surface area contributed by atoms with Gasteiger partial charge in [-0.25, -0.2) is 4.68 Å². The van der Waals surface area contributed by atoms with Gasteiger partial charge in [-0.3, -0.25) is 4.79 Å². The molecule has 1 saturated heterocycles. The Labute approximate surface area is 160 Å². The topological polar surface area (TPSA) is 60.2 Å². The van der Waals surface area contributed by atoms with Crippen LogP contribution in [0.15, 0.2) is 30.5 Å². The minimum absolute atomic E-state index is 0.00350. The molecule has 144 valence electrons. The number of likely N-dealkylation sites (tertiary alicyclic amines) is 1. The Morgan fingerprint density at radius 2 is 1.89 bits per heavy atom. The summed E-state index contributed by atoms with van der Waals surface area (Å²) in [7, 11) is 0. The SMILES string of the molecule is CC(C)(C)c1cn(C2CCN(C(=O)[C@H]3CCc4ccccc4O3)CC2)nn1. The summed E-state index contributed by atoms with van der Waals surface area (Å²) in [5, 5.41) is 8.65. The van der Waals surface area contributed by atoms with E-state index in [1.165, 1.54) is 5.56 Å².